The van der Waals surface area contributed by atoms with E-state index in [0.717, 1.165) is 6.42 Å². The van der Waals surface area contributed by atoms with Crippen LogP contribution in [0.1, 0.15) is 33.1 Å². The molecule has 1 aliphatic carbocycles. The number of nitrogens with one attached hydrogen (secondary N) is 2. The van der Waals surface area contributed by atoms with Crippen molar-refractivity contribution in [2.75, 3.05) is 26.7 Å². The zero-order valence-corrected chi connectivity index (χ0v) is 22.8. The van der Waals surface area contributed by atoms with E-state index < -0.39 is 84.8 Å². The lowest BCUT2D eigenvalue weighted by atomic mass is 9.82. The SMILES string of the molecule is CNC[C@@H]1CCC(N)[C@@H](OC2C(O)C(O[C@H]3OCC(C)(O)[C@H](C)C3O)[C@H](NC(=O)[C@@H](O)[C@@H](O)CN)C[C@@H]2N)O1. The van der Waals surface area contributed by atoms with E-state index in [9.17, 15) is 30.3 Å². The molecule has 15 nitrogen and oxygen atoms in total. The highest BCUT2D eigenvalue weighted by Gasteiger charge is 2.51. The Morgan fingerprint density at radius 2 is 1.77 bits per heavy atom. The summed E-state index contributed by atoms with van der Waals surface area (Å²) in [5.74, 6) is -1.59. The van der Waals surface area contributed by atoms with Crippen LogP contribution in [0.15, 0.2) is 0 Å². The molecule has 2 saturated heterocycles. The molecule has 0 bridgehead atoms. The summed E-state index contributed by atoms with van der Waals surface area (Å²) in [7, 11) is 1.80. The predicted molar refractivity (Wildman–Crippen MR) is 137 cm³/mol. The average molecular weight is 566 g/mol. The Kier molecular flexibility index (Phi) is 11.4. The maximum atomic E-state index is 12.7. The van der Waals surface area contributed by atoms with Gasteiger partial charge in [-0.15, -0.1) is 0 Å². The third-order valence-corrected chi connectivity index (χ3v) is 8.04. The smallest absolute Gasteiger partial charge is 0.251 e. The minimum Gasteiger partial charge on any atom is -0.389 e. The molecular formula is C24H47N5O10. The summed E-state index contributed by atoms with van der Waals surface area (Å²) in [6.07, 6.45) is -9.20. The van der Waals surface area contributed by atoms with Crippen molar-refractivity contribution in [2.24, 2.45) is 23.1 Å². The molecule has 2 aliphatic heterocycles. The van der Waals surface area contributed by atoms with Crippen molar-refractivity contribution >= 4 is 5.91 Å². The summed E-state index contributed by atoms with van der Waals surface area (Å²) in [6.45, 7) is 3.25. The van der Waals surface area contributed by atoms with Gasteiger partial charge in [-0.3, -0.25) is 4.79 Å². The highest BCUT2D eigenvalue weighted by atomic mass is 16.7. The van der Waals surface area contributed by atoms with Gasteiger partial charge in [0, 0.05) is 25.0 Å². The number of aliphatic hydroxyl groups excluding tert-OH is 4. The number of aliphatic hydroxyl groups is 5. The summed E-state index contributed by atoms with van der Waals surface area (Å²) in [5, 5.41) is 58.2. The van der Waals surface area contributed by atoms with Gasteiger partial charge in [0.25, 0.3) is 5.91 Å². The van der Waals surface area contributed by atoms with Crippen molar-refractivity contribution in [3.8, 4) is 0 Å². The summed E-state index contributed by atoms with van der Waals surface area (Å²) < 4.78 is 23.7. The lowest BCUT2D eigenvalue weighted by Crippen LogP contribution is -2.68. The first-order chi connectivity index (χ1) is 18.3. The lowest BCUT2D eigenvalue weighted by molar-refractivity contribution is -0.314. The maximum absolute atomic E-state index is 12.7. The molecule has 15 heteroatoms. The van der Waals surface area contributed by atoms with E-state index in [1.54, 1.807) is 14.0 Å². The number of carbonyl (C=O) groups excluding carboxylic acids is 1. The summed E-state index contributed by atoms with van der Waals surface area (Å²) in [6, 6.07) is -2.26. The molecule has 1 saturated carbocycles. The first-order valence-electron chi connectivity index (χ1n) is 13.5. The van der Waals surface area contributed by atoms with Gasteiger partial charge in [-0.25, -0.2) is 0 Å². The zero-order chi connectivity index (χ0) is 29.1. The third kappa shape index (κ3) is 7.62. The molecule has 6 unspecified atom stereocenters. The second kappa shape index (κ2) is 13.7. The maximum Gasteiger partial charge on any atom is 0.251 e. The van der Waals surface area contributed by atoms with Crippen LogP contribution in [0.5, 0.6) is 0 Å². The monoisotopic (exact) mass is 565 g/mol. The van der Waals surface area contributed by atoms with Crippen LogP contribution < -0.4 is 27.8 Å². The number of amides is 1. The van der Waals surface area contributed by atoms with Crippen LogP contribution in [0.2, 0.25) is 0 Å². The van der Waals surface area contributed by atoms with Gasteiger partial charge in [0.2, 0.25) is 0 Å². The normalized spacial score (nSPS) is 44.9. The van der Waals surface area contributed by atoms with Gasteiger partial charge in [0.1, 0.15) is 30.5 Å². The first-order valence-corrected chi connectivity index (χ1v) is 13.5. The van der Waals surface area contributed by atoms with E-state index in [1.165, 1.54) is 6.92 Å². The van der Waals surface area contributed by atoms with Crippen LogP contribution in [0, 0.1) is 5.92 Å². The second-order valence-electron chi connectivity index (χ2n) is 11.2. The van der Waals surface area contributed by atoms with Crippen molar-refractivity contribution in [2.45, 2.75) is 112 Å². The number of carbonyl (C=O) groups is 1. The van der Waals surface area contributed by atoms with Crippen molar-refractivity contribution in [3.05, 3.63) is 0 Å². The van der Waals surface area contributed by atoms with E-state index in [-0.39, 0.29) is 25.7 Å². The van der Waals surface area contributed by atoms with E-state index in [2.05, 4.69) is 10.6 Å². The largest absolute Gasteiger partial charge is 0.389 e. The molecule has 3 fully saturated rings. The summed E-state index contributed by atoms with van der Waals surface area (Å²) in [4.78, 5) is 12.7. The summed E-state index contributed by atoms with van der Waals surface area (Å²) >= 11 is 0. The number of ether oxygens (including phenoxy) is 4. The highest BCUT2D eigenvalue weighted by Crippen LogP contribution is 2.34. The molecule has 0 radical (unpaired) electrons. The highest BCUT2D eigenvalue weighted by molar-refractivity contribution is 5.81. The Balaban J connectivity index is 1.81. The van der Waals surface area contributed by atoms with E-state index >= 15 is 0 Å². The molecular weight excluding hydrogens is 518 g/mol. The Bertz CT molecular complexity index is 796. The molecule has 228 valence electrons. The van der Waals surface area contributed by atoms with Gasteiger partial charge in [-0.05, 0) is 33.2 Å². The molecule has 0 spiro atoms. The van der Waals surface area contributed by atoms with Crippen LogP contribution >= 0.6 is 0 Å². The average Bonchev–Trinajstić information content (AvgIpc) is 2.89. The molecule has 0 aromatic heterocycles. The van der Waals surface area contributed by atoms with E-state index in [1.807, 2.05) is 0 Å². The molecule has 0 aromatic carbocycles. The van der Waals surface area contributed by atoms with Crippen molar-refractivity contribution in [1.29, 1.82) is 0 Å². The lowest BCUT2D eigenvalue weighted by Gasteiger charge is -2.48. The Hall–Kier alpha value is -1.05. The molecule has 39 heavy (non-hydrogen) atoms. The van der Waals surface area contributed by atoms with Gasteiger partial charge in [0.05, 0.1) is 30.4 Å². The molecule has 2 heterocycles. The molecule has 3 aliphatic rings. The fraction of sp³-hybridized carbons (Fsp3) is 0.958. The van der Waals surface area contributed by atoms with Gasteiger partial charge in [-0.1, -0.05) is 6.92 Å². The van der Waals surface area contributed by atoms with Crippen molar-refractivity contribution < 1.29 is 49.3 Å². The minimum absolute atomic E-state index is 0.0293. The quantitative estimate of drug-likeness (QED) is 0.119. The van der Waals surface area contributed by atoms with Crippen LogP contribution in [0.4, 0.5) is 0 Å². The van der Waals surface area contributed by atoms with Crippen molar-refractivity contribution in [3.63, 3.8) is 0 Å². The van der Waals surface area contributed by atoms with Gasteiger partial charge in [0.15, 0.2) is 18.7 Å². The fourth-order valence-corrected chi connectivity index (χ4v) is 5.21. The van der Waals surface area contributed by atoms with Crippen LogP contribution in [0.25, 0.3) is 0 Å². The van der Waals surface area contributed by atoms with Crippen LogP contribution in [0.3, 0.4) is 0 Å². The Labute approximate surface area is 228 Å². The number of nitrogens with two attached hydrogens (primary N) is 3. The molecule has 3 rings (SSSR count). The van der Waals surface area contributed by atoms with Crippen LogP contribution in [-0.4, -0.2) is 137 Å². The van der Waals surface area contributed by atoms with E-state index in [0.29, 0.717) is 13.0 Å². The topological polar surface area (TPSA) is 257 Å². The fourth-order valence-electron chi connectivity index (χ4n) is 5.21. The Morgan fingerprint density at radius 1 is 1.10 bits per heavy atom. The van der Waals surface area contributed by atoms with Gasteiger partial charge >= 0.3 is 0 Å². The van der Waals surface area contributed by atoms with Crippen LogP contribution in [-0.2, 0) is 23.7 Å². The number of rotatable bonds is 10. The molecule has 1 amide bonds. The zero-order valence-electron chi connectivity index (χ0n) is 22.8. The number of hydrogen-bond donors (Lipinski definition) is 10. The first kappa shape index (κ1) is 32.5. The number of likely N-dealkylation sites (N-methyl/N-ethyl adjacent to an activating group) is 1. The van der Waals surface area contributed by atoms with Gasteiger partial charge in [-0.2, -0.15) is 0 Å². The van der Waals surface area contributed by atoms with Gasteiger partial charge < -0.3 is 72.3 Å². The third-order valence-electron chi connectivity index (χ3n) is 8.04. The Morgan fingerprint density at radius 3 is 2.41 bits per heavy atom. The summed E-state index contributed by atoms with van der Waals surface area (Å²) in [5.41, 5.74) is 16.7. The standard InChI is InChI=1S/C24H47N5O10/c1-10-16(31)23(36-9-24(10,2)35)39-20-14(29-21(34)17(32)15(30)7-25)6-13(27)19(18(20)33)38-22-12(26)5-4-11(37-22)8-28-3/h10-20,22-23,28,30-33,35H,4-9,25-27H2,1-3H3,(H,29,34)/t10-,11+,12?,13+,14-,15+,16?,17+,18?,19?,20?,22-,23-,24?/m1/s1. The molecule has 0 aromatic rings. The van der Waals surface area contributed by atoms with E-state index in [4.69, 9.17) is 36.1 Å². The predicted octanol–water partition coefficient (Wildman–Crippen LogP) is -4.83. The number of hydrogen-bond acceptors (Lipinski definition) is 14. The molecule has 14 atom stereocenters. The van der Waals surface area contributed by atoms with Crippen molar-refractivity contribution in [1.82, 2.24) is 10.6 Å². The molecule has 13 N–H and O–H groups in total. The minimum atomic E-state index is -1.83. The second-order valence-corrected chi connectivity index (χ2v) is 11.2.